The average Bonchev–Trinajstić information content (AvgIpc) is 2.77. The van der Waals surface area contributed by atoms with Crippen molar-refractivity contribution in [3.8, 4) is 5.88 Å². The van der Waals surface area contributed by atoms with E-state index in [0.29, 0.717) is 17.6 Å². The monoisotopic (exact) mass is 234 g/mol. The van der Waals surface area contributed by atoms with Crippen molar-refractivity contribution in [2.24, 2.45) is 0 Å². The van der Waals surface area contributed by atoms with Crippen molar-refractivity contribution < 1.29 is 4.74 Å². The number of H-pyrrole nitrogens is 1. The number of pyridine rings is 1. The fourth-order valence-electron chi connectivity index (χ4n) is 1.54. The Kier molecular flexibility index (Phi) is 3.58. The zero-order valence-corrected chi connectivity index (χ0v) is 10.4. The largest absolute Gasteiger partial charge is 0.481 e. The van der Waals surface area contributed by atoms with Gasteiger partial charge in [0, 0.05) is 12.1 Å². The Bertz CT molecular complexity index is 494. The summed E-state index contributed by atoms with van der Waals surface area (Å²) in [5.41, 5.74) is 1.64. The molecule has 5 nitrogen and oxygen atoms in total. The van der Waals surface area contributed by atoms with Crippen LogP contribution in [0.5, 0.6) is 5.88 Å². The van der Waals surface area contributed by atoms with Crippen LogP contribution in [0, 0.1) is 0 Å². The molecular formula is C12H18N4O. The van der Waals surface area contributed by atoms with E-state index in [1.54, 1.807) is 7.11 Å². The molecule has 1 unspecified atom stereocenters. The lowest BCUT2D eigenvalue weighted by Gasteiger charge is -2.08. The van der Waals surface area contributed by atoms with E-state index in [4.69, 9.17) is 4.74 Å². The minimum Gasteiger partial charge on any atom is -0.481 e. The molecule has 17 heavy (non-hydrogen) atoms. The molecule has 2 aromatic heterocycles. The van der Waals surface area contributed by atoms with Gasteiger partial charge in [0.25, 0.3) is 0 Å². The molecule has 0 bridgehead atoms. The van der Waals surface area contributed by atoms with Crippen molar-refractivity contribution in [2.75, 3.05) is 7.11 Å². The van der Waals surface area contributed by atoms with Crippen molar-refractivity contribution in [3.63, 3.8) is 0 Å². The van der Waals surface area contributed by atoms with Gasteiger partial charge in [-0.15, -0.1) is 0 Å². The molecule has 0 radical (unpaired) electrons. The van der Waals surface area contributed by atoms with Crippen LogP contribution in [0.15, 0.2) is 12.1 Å². The molecule has 0 aliphatic carbocycles. The number of aromatic nitrogens is 3. The summed E-state index contributed by atoms with van der Waals surface area (Å²) < 4.78 is 5.07. The molecule has 5 heteroatoms. The van der Waals surface area contributed by atoms with Gasteiger partial charge in [-0.1, -0.05) is 6.92 Å². The van der Waals surface area contributed by atoms with Gasteiger partial charge in [0.1, 0.15) is 5.82 Å². The topological polar surface area (TPSA) is 62.8 Å². The highest BCUT2D eigenvalue weighted by molar-refractivity contribution is 5.71. The molecule has 1 atom stereocenters. The summed E-state index contributed by atoms with van der Waals surface area (Å²) in [7, 11) is 1.60. The molecule has 0 aliphatic heterocycles. The van der Waals surface area contributed by atoms with Crippen LogP contribution in [0.25, 0.3) is 11.2 Å². The van der Waals surface area contributed by atoms with Crippen LogP contribution >= 0.6 is 0 Å². The summed E-state index contributed by atoms with van der Waals surface area (Å²) in [6, 6.07) is 4.25. The van der Waals surface area contributed by atoms with Gasteiger partial charge in [0.2, 0.25) is 5.88 Å². The number of methoxy groups -OCH3 is 1. The summed E-state index contributed by atoms with van der Waals surface area (Å²) in [4.78, 5) is 11.9. The van der Waals surface area contributed by atoms with Crippen LogP contribution in [-0.4, -0.2) is 28.1 Å². The van der Waals surface area contributed by atoms with Gasteiger partial charge in [-0.05, 0) is 19.4 Å². The number of fused-ring (bicyclic) bond motifs is 1. The van der Waals surface area contributed by atoms with Gasteiger partial charge in [-0.3, -0.25) is 0 Å². The summed E-state index contributed by atoms with van der Waals surface area (Å²) in [5.74, 6) is 1.49. The smallest absolute Gasteiger partial charge is 0.215 e. The van der Waals surface area contributed by atoms with Crippen LogP contribution in [0.1, 0.15) is 26.1 Å². The van der Waals surface area contributed by atoms with E-state index in [1.165, 1.54) is 0 Å². The Balaban J connectivity index is 2.14. The van der Waals surface area contributed by atoms with E-state index in [0.717, 1.165) is 24.3 Å². The fourth-order valence-corrected chi connectivity index (χ4v) is 1.54. The van der Waals surface area contributed by atoms with Gasteiger partial charge in [0.05, 0.1) is 19.2 Å². The number of hydrogen-bond acceptors (Lipinski definition) is 4. The summed E-state index contributed by atoms with van der Waals surface area (Å²) in [5, 5.41) is 3.39. The van der Waals surface area contributed by atoms with E-state index in [1.807, 2.05) is 12.1 Å². The van der Waals surface area contributed by atoms with Crippen molar-refractivity contribution in [3.05, 3.63) is 18.0 Å². The van der Waals surface area contributed by atoms with Crippen molar-refractivity contribution in [1.82, 2.24) is 20.3 Å². The third kappa shape index (κ3) is 2.74. The first kappa shape index (κ1) is 11.9. The van der Waals surface area contributed by atoms with Crippen molar-refractivity contribution >= 4 is 11.2 Å². The Morgan fingerprint density at radius 3 is 2.94 bits per heavy atom. The SMILES string of the molecule is CCC(C)NCc1nc2nc(OC)ccc2[nH]1. The molecule has 0 aromatic carbocycles. The predicted octanol–water partition coefficient (Wildman–Crippen LogP) is 1.85. The first-order valence-electron chi connectivity index (χ1n) is 5.86. The summed E-state index contributed by atoms with van der Waals surface area (Å²) in [6.45, 7) is 5.04. The molecule has 92 valence electrons. The van der Waals surface area contributed by atoms with Crippen molar-refractivity contribution in [1.29, 1.82) is 0 Å². The maximum Gasteiger partial charge on any atom is 0.215 e. The highest BCUT2D eigenvalue weighted by Crippen LogP contribution is 2.14. The maximum absolute atomic E-state index is 5.07. The molecule has 0 amide bonds. The minimum absolute atomic E-state index is 0.491. The van der Waals surface area contributed by atoms with E-state index in [9.17, 15) is 0 Å². The van der Waals surface area contributed by atoms with Crippen LogP contribution in [0.4, 0.5) is 0 Å². The first-order chi connectivity index (χ1) is 8.22. The molecule has 0 fully saturated rings. The molecule has 0 aliphatic rings. The molecule has 2 heterocycles. The number of imidazole rings is 1. The predicted molar refractivity (Wildman–Crippen MR) is 67.0 cm³/mol. The second-order valence-electron chi connectivity index (χ2n) is 4.10. The number of aromatic amines is 1. The molecule has 2 aromatic rings. The zero-order valence-electron chi connectivity index (χ0n) is 10.4. The lowest BCUT2D eigenvalue weighted by Crippen LogP contribution is -2.24. The third-order valence-electron chi connectivity index (χ3n) is 2.81. The van der Waals surface area contributed by atoms with Crippen LogP contribution < -0.4 is 10.1 Å². The zero-order chi connectivity index (χ0) is 12.3. The lowest BCUT2D eigenvalue weighted by molar-refractivity contribution is 0.399. The normalized spacial score (nSPS) is 12.9. The number of nitrogens with one attached hydrogen (secondary N) is 2. The van der Waals surface area contributed by atoms with E-state index in [2.05, 4.69) is 34.1 Å². The molecular weight excluding hydrogens is 216 g/mol. The number of ether oxygens (including phenoxy) is 1. The highest BCUT2D eigenvalue weighted by Gasteiger charge is 2.06. The Hall–Kier alpha value is -1.62. The lowest BCUT2D eigenvalue weighted by atomic mass is 10.2. The Labute approximate surface area is 101 Å². The van der Waals surface area contributed by atoms with Gasteiger partial charge < -0.3 is 15.0 Å². The van der Waals surface area contributed by atoms with Crippen LogP contribution in [0.3, 0.4) is 0 Å². The van der Waals surface area contributed by atoms with E-state index in [-0.39, 0.29) is 0 Å². The summed E-state index contributed by atoms with van der Waals surface area (Å²) >= 11 is 0. The molecule has 0 saturated carbocycles. The number of hydrogen-bond donors (Lipinski definition) is 2. The number of nitrogens with zero attached hydrogens (tertiary/aromatic N) is 2. The molecule has 2 N–H and O–H groups in total. The van der Waals surface area contributed by atoms with Gasteiger partial charge in [0.15, 0.2) is 5.65 Å². The van der Waals surface area contributed by atoms with Crippen LogP contribution in [-0.2, 0) is 6.54 Å². The standard InChI is InChI=1S/C12H18N4O/c1-4-8(2)13-7-10-14-9-5-6-11(17-3)16-12(9)15-10/h5-6,8,13H,4,7H2,1-3H3,(H,14,15,16). The minimum atomic E-state index is 0.491. The van der Waals surface area contributed by atoms with Gasteiger partial charge in [-0.2, -0.15) is 4.98 Å². The first-order valence-corrected chi connectivity index (χ1v) is 5.86. The van der Waals surface area contributed by atoms with Gasteiger partial charge in [-0.25, -0.2) is 4.98 Å². The molecule has 0 saturated heterocycles. The quantitative estimate of drug-likeness (QED) is 0.828. The third-order valence-corrected chi connectivity index (χ3v) is 2.81. The highest BCUT2D eigenvalue weighted by atomic mass is 16.5. The average molecular weight is 234 g/mol. The summed E-state index contributed by atoms with van der Waals surface area (Å²) in [6.07, 6.45) is 1.10. The molecule has 2 rings (SSSR count). The van der Waals surface area contributed by atoms with Crippen molar-refractivity contribution in [2.45, 2.75) is 32.9 Å². The Morgan fingerprint density at radius 1 is 1.41 bits per heavy atom. The second kappa shape index (κ2) is 5.14. The van der Waals surface area contributed by atoms with E-state index < -0.39 is 0 Å². The van der Waals surface area contributed by atoms with Crippen LogP contribution in [0.2, 0.25) is 0 Å². The molecule has 0 spiro atoms. The fraction of sp³-hybridized carbons (Fsp3) is 0.500. The maximum atomic E-state index is 5.07. The van der Waals surface area contributed by atoms with E-state index >= 15 is 0 Å². The van der Waals surface area contributed by atoms with Gasteiger partial charge >= 0.3 is 0 Å². The number of rotatable bonds is 5. The second-order valence-corrected chi connectivity index (χ2v) is 4.10. The Morgan fingerprint density at radius 2 is 2.24 bits per heavy atom.